The third-order valence-corrected chi connectivity index (χ3v) is 3.52. The van der Waals surface area contributed by atoms with Gasteiger partial charge in [0.1, 0.15) is 0 Å². The third-order valence-electron chi connectivity index (χ3n) is 2.57. The molecule has 1 saturated heterocycles. The monoisotopic (exact) mass is 273 g/mol. The van der Waals surface area contributed by atoms with E-state index >= 15 is 0 Å². The summed E-state index contributed by atoms with van der Waals surface area (Å²) in [5.41, 5.74) is 0.894. The summed E-state index contributed by atoms with van der Waals surface area (Å²) in [6, 6.07) is 0. The molecule has 0 aliphatic carbocycles. The number of H-pyrrole nitrogens is 1. The van der Waals surface area contributed by atoms with Gasteiger partial charge in [0.2, 0.25) is 5.91 Å². The van der Waals surface area contributed by atoms with Gasteiger partial charge in [-0.1, -0.05) is 0 Å². The van der Waals surface area contributed by atoms with Crippen LogP contribution in [0, 0.1) is 12.8 Å². The van der Waals surface area contributed by atoms with E-state index in [1.807, 2.05) is 6.92 Å². The van der Waals surface area contributed by atoms with Gasteiger partial charge in [-0.2, -0.15) is 5.10 Å². The molecule has 82 valence electrons. The molecule has 1 aliphatic heterocycles. The third kappa shape index (κ3) is 1.79. The van der Waals surface area contributed by atoms with Crippen molar-refractivity contribution in [3.05, 3.63) is 10.2 Å². The van der Waals surface area contributed by atoms with Crippen molar-refractivity contribution in [3.63, 3.8) is 0 Å². The molecule has 1 unspecified atom stereocenters. The molecule has 1 fully saturated rings. The molecule has 2 heterocycles. The van der Waals surface area contributed by atoms with E-state index in [-0.39, 0.29) is 18.4 Å². The van der Waals surface area contributed by atoms with Crippen molar-refractivity contribution < 1.29 is 9.90 Å². The Labute approximate surface area is 95.6 Å². The molecule has 0 radical (unpaired) electrons. The summed E-state index contributed by atoms with van der Waals surface area (Å²) in [7, 11) is 0. The number of halogens is 1. The zero-order valence-corrected chi connectivity index (χ0v) is 9.91. The zero-order chi connectivity index (χ0) is 11.0. The average Bonchev–Trinajstić information content (AvgIpc) is 2.73. The maximum atomic E-state index is 11.6. The summed E-state index contributed by atoms with van der Waals surface area (Å²) < 4.78 is 0.814. The maximum Gasteiger partial charge on any atom is 0.228 e. The van der Waals surface area contributed by atoms with Crippen molar-refractivity contribution in [2.45, 2.75) is 13.3 Å². The lowest BCUT2D eigenvalue weighted by atomic mass is 10.1. The minimum Gasteiger partial charge on any atom is -0.396 e. The number of aromatic amines is 1. The fourth-order valence-electron chi connectivity index (χ4n) is 1.69. The molecule has 6 heteroatoms. The van der Waals surface area contributed by atoms with E-state index in [2.05, 4.69) is 26.1 Å². The Hall–Kier alpha value is -0.880. The number of rotatable bonds is 2. The van der Waals surface area contributed by atoms with Gasteiger partial charge in [0.15, 0.2) is 5.82 Å². The van der Waals surface area contributed by atoms with Crippen LogP contribution in [0.3, 0.4) is 0 Å². The van der Waals surface area contributed by atoms with Gasteiger partial charge in [-0.25, -0.2) is 0 Å². The van der Waals surface area contributed by atoms with Gasteiger partial charge in [0.25, 0.3) is 0 Å². The number of aryl methyl sites for hydroxylation is 1. The number of anilines is 1. The lowest BCUT2D eigenvalue weighted by molar-refractivity contribution is -0.117. The van der Waals surface area contributed by atoms with Crippen LogP contribution in [0.2, 0.25) is 0 Å². The molecule has 1 aliphatic rings. The van der Waals surface area contributed by atoms with Gasteiger partial charge in [-0.05, 0) is 22.9 Å². The Balaban J connectivity index is 2.25. The lowest BCUT2D eigenvalue weighted by Gasteiger charge is -2.13. The maximum absolute atomic E-state index is 11.6. The first kappa shape index (κ1) is 10.6. The minimum absolute atomic E-state index is 0.0150. The molecule has 2 N–H and O–H groups in total. The van der Waals surface area contributed by atoms with Crippen LogP contribution in [-0.4, -0.2) is 34.4 Å². The van der Waals surface area contributed by atoms with Crippen LogP contribution in [0.4, 0.5) is 5.82 Å². The Morgan fingerprint density at radius 3 is 2.93 bits per heavy atom. The van der Waals surface area contributed by atoms with Gasteiger partial charge in [0, 0.05) is 31.2 Å². The van der Waals surface area contributed by atoms with Crippen LogP contribution in [0.5, 0.6) is 0 Å². The van der Waals surface area contributed by atoms with Crippen molar-refractivity contribution in [1.82, 2.24) is 10.2 Å². The number of aromatic nitrogens is 2. The number of hydrogen-bond donors (Lipinski definition) is 2. The molecule has 0 spiro atoms. The molecule has 0 saturated carbocycles. The molecule has 0 aromatic carbocycles. The number of aliphatic hydroxyl groups is 1. The van der Waals surface area contributed by atoms with Crippen LogP contribution in [0.15, 0.2) is 4.47 Å². The Bertz CT molecular complexity index is 391. The number of amides is 1. The quantitative estimate of drug-likeness (QED) is 0.839. The Kier molecular flexibility index (Phi) is 2.79. The van der Waals surface area contributed by atoms with Crippen molar-refractivity contribution in [3.8, 4) is 0 Å². The van der Waals surface area contributed by atoms with E-state index < -0.39 is 0 Å². The molecule has 1 atom stereocenters. The number of carbonyl (C=O) groups excluding carboxylic acids is 1. The predicted octanol–water partition coefficient (Wildman–Crippen LogP) is 0.826. The smallest absolute Gasteiger partial charge is 0.228 e. The van der Waals surface area contributed by atoms with Gasteiger partial charge < -0.3 is 5.11 Å². The van der Waals surface area contributed by atoms with E-state index in [9.17, 15) is 4.79 Å². The summed E-state index contributed by atoms with van der Waals surface area (Å²) in [4.78, 5) is 13.3. The molecule has 5 nitrogen and oxygen atoms in total. The molecule has 2 rings (SSSR count). The zero-order valence-electron chi connectivity index (χ0n) is 8.33. The van der Waals surface area contributed by atoms with E-state index in [1.165, 1.54) is 0 Å². The second-order valence-electron chi connectivity index (χ2n) is 3.74. The summed E-state index contributed by atoms with van der Waals surface area (Å²) >= 11 is 3.38. The Morgan fingerprint density at radius 2 is 2.47 bits per heavy atom. The lowest BCUT2D eigenvalue weighted by Crippen LogP contribution is -2.25. The minimum atomic E-state index is 0.0150. The molecular formula is C9H12BrN3O2. The normalized spacial score (nSPS) is 21.4. The number of hydrogen-bond acceptors (Lipinski definition) is 3. The van der Waals surface area contributed by atoms with Crippen molar-refractivity contribution in [2.75, 3.05) is 18.1 Å². The predicted molar refractivity (Wildman–Crippen MR) is 58.6 cm³/mol. The van der Waals surface area contributed by atoms with E-state index in [1.54, 1.807) is 4.90 Å². The van der Waals surface area contributed by atoms with Crippen LogP contribution < -0.4 is 4.90 Å². The average molecular weight is 274 g/mol. The standard InChI is InChI=1S/C9H12BrN3O2/c1-5-8(10)9(12-11-5)13-3-6(4-14)2-7(13)15/h6,14H,2-4H2,1H3,(H,11,12). The first-order chi connectivity index (χ1) is 7.13. The highest BCUT2D eigenvalue weighted by atomic mass is 79.9. The second kappa shape index (κ2) is 3.94. The topological polar surface area (TPSA) is 69.2 Å². The molecule has 15 heavy (non-hydrogen) atoms. The molecular weight excluding hydrogens is 262 g/mol. The summed E-state index contributed by atoms with van der Waals surface area (Å²) in [6.45, 7) is 2.46. The van der Waals surface area contributed by atoms with Crippen molar-refractivity contribution in [2.24, 2.45) is 5.92 Å². The Morgan fingerprint density at radius 1 is 1.73 bits per heavy atom. The molecule has 1 aromatic rings. The number of carbonyl (C=O) groups is 1. The molecule has 1 amide bonds. The molecule has 0 bridgehead atoms. The van der Waals surface area contributed by atoms with Gasteiger partial charge in [-0.15, -0.1) is 0 Å². The summed E-state index contributed by atoms with van der Waals surface area (Å²) in [5, 5.41) is 15.9. The van der Waals surface area contributed by atoms with Crippen LogP contribution in [0.1, 0.15) is 12.1 Å². The van der Waals surface area contributed by atoms with E-state index in [0.29, 0.717) is 18.8 Å². The first-order valence-electron chi connectivity index (χ1n) is 4.75. The summed E-state index contributed by atoms with van der Waals surface area (Å²) in [5.74, 6) is 0.663. The van der Waals surface area contributed by atoms with Gasteiger partial charge >= 0.3 is 0 Å². The van der Waals surface area contributed by atoms with Crippen LogP contribution in [-0.2, 0) is 4.79 Å². The van der Waals surface area contributed by atoms with Crippen molar-refractivity contribution >= 4 is 27.7 Å². The van der Waals surface area contributed by atoms with Crippen LogP contribution in [0.25, 0.3) is 0 Å². The summed E-state index contributed by atoms with van der Waals surface area (Å²) in [6.07, 6.45) is 0.398. The number of nitrogens with one attached hydrogen (secondary N) is 1. The highest BCUT2D eigenvalue weighted by Crippen LogP contribution is 2.31. The van der Waals surface area contributed by atoms with Crippen LogP contribution >= 0.6 is 15.9 Å². The molecule has 1 aromatic heterocycles. The van der Waals surface area contributed by atoms with Crippen molar-refractivity contribution in [1.29, 1.82) is 0 Å². The van der Waals surface area contributed by atoms with Gasteiger partial charge in [0.05, 0.1) is 4.47 Å². The first-order valence-corrected chi connectivity index (χ1v) is 5.54. The fourth-order valence-corrected chi connectivity index (χ4v) is 2.08. The second-order valence-corrected chi connectivity index (χ2v) is 4.54. The fraction of sp³-hybridized carbons (Fsp3) is 0.556. The highest BCUT2D eigenvalue weighted by molar-refractivity contribution is 9.10. The van der Waals surface area contributed by atoms with Gasteiger partial charge in [-0.3, -0.25) is 14.8 Å². The SMILES string of the molecule is Cc1[nH]nc(N2CC(CO)CC2=O)c1Br. The van der Waals surface area contributed by atoms with E-state index in [0.717, 1.165) is 10.2 Å². The largest absolute Gasteiger partial charge is 0.396 e. The number of nitrogens with zero attached hydrogens (tertiary/aromatic N) is 2. The highest BCUT2D eigenvalue weighted by Gasteiger charge is 2.32. The van der Waals surface area contributed by atoms with E-state index in [4.69, 9.17) is 5.11 Å². The number of aliphatic hydroxyl groups excluding tert-OH is 1.